The summed E-state index contributed by atoms with van der Waals surface area (Å²) in [5.41, 5.74) is 1.80. The van der Waals surface area contributed by atoms with Crippen molar-refractivity contribution < 1.29 is 4.79 Å². The van der Waals surface area contributed by atoms with Gasteiger partial charge in [-0.3, -0.25) is 0 Å². The summed E-state index contributed by atoms with van der Waals surface area (Å²) in [6.45, 7) is 4.05. The molecule has 1 rings (SSSR count). The molecule has 0 heterocycles. The molecule has 0 aliphatic carbocycles. The van der Waals surface area contributed by atoms with E-state index in [1.807, 2.05) is 25.1 Å². The second-order valence-electron chi connectivity index (χ2n) is 3.82. The number of urea groups is 1. The average Bonchev–Trinajstić information content (AvgIpc) is 2.29. The number of nitrogens with one attached hydrogen (secondary N) is 2. The predicted molar refractivity (Wildman–Crippen MR) is 75.7 cm³/mol. The lowest BCUT2D eigenvalue weighted by molar-refractivity contribution is 0.251. The third-order valence-corrected chi connectivity index (χ3v) is 2.90. The minimum atomic E-state index is -0.281. The fraction of sp³-hybridized carbons (Fsp3) is 0.333. The molecule has 0 aliphatic heterocycles. The van der Waals surface area contributed by atoms with Crippen molar-refractivity contribution in [2.75, 3.05) is 11.9 Å². The Balaban J connectivity index is 2.54. The van der Waals surface area contributed by atoms with Crippen LogP contribution in [-0.4, -0.2) is 12.6 Å². The second-order valence-corrected chi connectivity index (χ2v) is 5.07. The Kier molecular flexibility index (Phi) is 5.22. The van der Waals surface area contributed by atoms with E-state index in [1.54, 1.807) is 6.92 Å². The first-order valence-corrected chi connectivity index (χ1v) is 6.31. The van der Waals surface area contributed by atoms with Gasteiger partial charge in [-0.25, -0.2) is 4.79 Å². The van der Waals surface area contributed by atoms with Gasteiger partial charge in [0.15, 0.2) is 0 Å². The topological polar surface area (TPSA) is 64.9 Å². The van der Waals surface area contributed by atoms with Crippen LogP contribution in [0.2, 0.25) is 0 Å². The van der Waals surface area contributed by atoms with Crippen LogP contribution in [0, 0.1) is 27.7 Å². The van der Waals surface area contributed by atoms with Crippen LogP contribution in [0.1, 0.15) is 12.5 Å². The fourth-order valence-electron chi connectivity index (χ4n) is 1.23. The van der Waals surface area contributed by atoms with Crippen LogP contribution in [0.15, 0.2) is 18.2 Å². The van der Waals surface area contributed by atoms with Crippen LogP contribution >= 0.6 is 22.6 Å². The maximum atomic E-state index is 11.5. The van der Waals surface area contributed by atoms with Gasteiger partial charge in [0.25, 0.3) is 0 Å². The molecule has 0 saturated carbocycles. The fourth-order valence-corrected chi connectivity index (χ4v) is 1.87. The summed E-state index contributed by atoms with van der Waals surface area (Å²) in [7, 11) is 0. The van der Waals surface area contributed by atoms with Crippen LogP contribution in [0.4, 0.5) is 10.5 Å². The number of amides is 2. The number of hydrogen-bond acceptors (Lipinski definition) is 2. The highest BCUT2D eigenvalue weighted by atomic mass is 127. The molecule has 0 unspecified atom stereocenters. The van der Waals surface area contributed by atoms with Gasteiger partial charge in [0, 0.05) is 15.8 Å². The Hall–Kier alpha value is -1.29. The summed E-state index contributed by atoms with van der Waals surface area (Å²) < 4.78 is 1.13. The zero-order valence-corrected chi connectivity index (χ0v) is 11.9. The van der Waals surface area contributed by atoms with E-state index in [1.165, 1.54) is 0 Å². The van der Waals surface area contributed by atoms with Gasteiger partial charge >= 0.3 is 6.03 Å². The summed E-state index contributed by atoms with van der Waals surface area (Å²) in [6.07, 6.45) is 0. The Labute approximate surface area is 115 Å². The highest BCUT2D eigenvalue weighted by molar-refractivity contribution is 14.1. The second kappa shape index (κ2) is 6.45. The van der Waals surface area contributed by atoms with Gasteiger partial charge in [0.1, 0.15) is 0 Å². The molecule has 0 saturated heterocycles. The van der Waals surface area contributed by atoms with Crippen molar-refractivity contribution >= 4 is 34.3 Å². The van der Waals surface area contributed by atoms with Gasteiger partial charge in [-0.2, -0.15) is 5.26 Å². The number of aryl methyl sites for hydroxylation is 1. The number of nitrogens with zero attached hydrogens (tertiary/aromatic N) is 1. The summed E-state index contributed by atoms with van der Waals surface area (Å²) in [4.78, 5) is 11.5. The van der Waals surface area contributed by atoms with E-state index in [4.69, 9.17) is 5.26 Å². The average molecular weight is 343 g/mol. The van der Waals surface area contributed by atoms with Crippen molar-refractivity contribution in [3.8, 4) is 6.07 Å². The molecule has 2 amide bonds. The van der Waals surface area contributed by atoms with Gasteiger partial charge in [-0.15, -0.1) is 0 Å². The van der Waals surface area contributed by atoms with Crippen LogP contribution < -0.4 is 10.6 Å². The number of benzene rings is 1. The normalized spacial score (nSPS) is 11.4. The SMILES string of the molecule is Cc1cc(I)ccc1NC(=O)NC[C@@H](C)C#N. The lowest BCUT2D eigenvalue weighted by atomic mass is 10.2. The maximum Gasteiger partial charge on any atom is 0.319 e. The molecule has 0 aromatic heterocycles. The molecular formula is C12H14IN3O. The zero-order valence-electron chi connectivity index (χ0n) is 9.75. The molecule has 1 atom stereocenters. The van der Waals surface area contributed by atoms with Crippen LogP contribution in [-0.2, 0) is 0 Å². The Morgan fingerprint density at radius 2 is 2.29 bits per heavy atom. The van der Waals surface area contributed by atoms with Crippen molar-refractivity contribution in [2.24, 2.45) is 5.92 Å². The van der Waals surface area contributed by atoms with E-state index >= 15 is 0 Å². The lowest BCUT2D eigenvalue weighted by Crippen LogP contribution is -2.32. The smallest absolute Gasteiger partial charge is 0.319 e. The van der Waals surface area contributed by atoms with Gasteiger partial charge in [0.2, 0.25) is 0 Å². The highest BCUT2D eigenvalue weighted by Crippen LogP contribution is 2.17. The third kappa shape index (κ3) is 4.61. The number of carbonyl (C=O) groups excluding carboxylic acids is 1. The van der Waals surface area contributed by atoms with Gasteiger partial charge in [-0.05, 0) is 60.2 Å². The van der Waals surface area contributed by atoms with Crippen LogP contribution in [0.25, 0.3) is 0 Å². The minimum absolute atomic E-state index is 0.182. The molecule has 1 aromatic rings. The summed E-state index contributed by atoms with van der Waals surface area (Å²) >= 11 is 2.22. The first kappa shape index (κ1) is 13.8. The Bertz CT molecular complexity index is 454. The molecule has 1 aromatic carbocycles. The standard InChI is InChI=1S/C12H14IN3O/c1-8(6-14)7-15-12(17)16-11-4-3-10(13)5-9(11)2/h3-5,8H,7H2,1-2H3,(H2,15,16,17)/t8-/m0/s1. The zero-order chi connectivity index (χ0) is 12.8. The van der Waals surface area contributed by atoms with Gasteiger partial charge < -0.3 is 10.6 Å². The maximum absolute atomic E-state index is 11.5. The summed E-state index contributed by atoms with van der Waals surface area (Å²) in [6, 6.07) is 7.57. The van der Waals surface area contributed by atoms with Crippen molar-refractivity contribution in [1.82, 2.24) is 5.32 Å². The number of rotatable bonds is 3. The minimum Gasteiger partial charge on any atom is -0.337 e. The van der Waals surface area contributed by atoms with Crippen molar-refractivity contribution in [1.29, 1.82) is 5.26 Å². The number of carbonyl (C=O) groups is 1. The molecule has 90 valence electrons. The molecule has 0 radical (unpaired) electrons. The van der Waals surface area contributed by atoms with Crippen molar-refractivity contribution in [2.45, 2.75) is 13.8 Å². The first-order chi connectivity index (χ1) is 8.02. The first-order valence-electron chi connectivity index (χ1n) is 5.23. The van der Waals surface area contributed by atoms with E-state index in [0.29, 0.717) is 6.54 Å². The molecule has 2 N–H and O–H groups in total. The Morgan fingerprint density at radius 1 is 1.59 bits per heavy atom. The Morgan fingerprint density at radius 3 is 2.88 bits per heavy atom. The predicted octanol–water partition coefficient (Wildman–Crippen LogP) is 2.88. The molecule has 5 heteroatoms. The van der Waals surface area contributed by atoms with E-state index in [9.17, 15) is 4.79 Å². The number of halogens is 1. The lowest BCUT2D eigenvalue weighted by Gasteiger charge is -2.10. The molecule has 0 aliphatic rings. The molecule has 0 spiro atoms. The van der Waals surface area contributed by atoms with Crippen molar-refractivity contribution in [3.05, 3.63) is 27.3 Å². The van der Waals surface area contributed by atoms with Crippen LogP contribution in [0.3, 0.4) is 0 Å². The molecule has 0 bridgehead atoms. The number of hydrogen-bond donors (Lipinski definition) is 2. The number of anilines is 1. The third-order valence-electron chi connectivity index (χ3n) is 2.23. The summed E-state index contributed by atoms with van der Waals surface area (Å²) in [5.74, 6) is -0.182. The van der Waals surface area contributed by atoms with Crippen LogP contribution in [0.5, 0.6) is 0 Å². The largest absolute Gasteiger partial charge is 0.337 e. The molecular weight excluding hydrogens is 329 g/mol. The van der Waals surface area contributed by atoms with E-state index in [2.05, 4.69) is 39.3 Å². The van der Waals surface area contributed by atoms with Crippen molar-refractivity contribution in [3.63, 3.8) is 0 Å². The van der Waals surface area contributed by atoms with E-state index in [-0.39, 0.29) is 11.9 Å². The molecule has 17 heavy (non-hydrogen) atoms. The summed E-state index contributed by atoms with van der Waals surface area (Å²) in [5, 5.41) is 14.0. The quantitative estimate of drug-likeness (QED) is 0.829. The van der Waals surface area contributed by atoms with E-state index in [0.717, 1.165) is 14.8 Å². The van der Waals surface area contributed by atoms with Gasteiger partial charge in [-0.1, -0.05) is 0 Å². The van der Waals surface area contributed by atoms with E-state index < -0.39 is 0 Å². The highest BCUT2D eigenvalue weighted by Gasteiger charge is 2.06. The molecule has 4 nitrogen and oxygen atoms in total. The number of nitriles is 1. The monoisotopic (exact) mass is 343 g/mol. The molecule has 0 fully saturated rings. The van der Waals surface area contributed by atoms with Gasteiger partial charge in [0.05, 0.1) is 12.0 Å².